The van der Waals surface area contributed by atoms with E-state index >= 15 is 0 Å². The fraction of sp³-hybridized carbons (Fsp3) is 0.125. The Bertz CT molecular complexity index is 447. The van der Waals surface area contributed by atoms with E-state index in [4.69, 9.17) is 11.5 Å². The van der Waals surface area contributed by atoms with E-state index in [9.17, 15) is 0 Å². The van der Waals surface area contributed by atoms with E-state index in [0.717, 1.165) is 11.3 Å². The highest BCUT2D eigenvalue weighted by atomic mass is 15.0. The van der Waals surface area contributed by atoms with Crippen molar-refractivity contribution in [2.45, 2.75) is 6.92 Å². The molecule has 6 nitrogen and oxygen atoms in total. The monoisotopic (exact) mass is 190 g/mol. The van der Waals surface area contributed by atoms with Gasteiger partial charge in [-0.05, 0) is 6.92 Å². The zero-order chi connectivity index (χ0) is 10.1. The molecule has 0 saturated heterocycles. The SMILES string of the molecule is Cc1c(N)nc(N)nc1-c1cnc[nH]1. The molecule has 14 heavy (non-hydrogen) atoms. The van der Waals surface area contributed by atoms with Gasteiger partial charge in [0.1, 0.15) is 5.82 Å². The fourth-order valence-corrected chi connectivity index (χ4v) is 1.20. The maximum atomic E-state index is 5.66. The van der Waals surface area contributed by atoms with Gasteiger partial charge in [0.05, 0.1) is 23.9 Å². The molecule has 0 spiro atoms. The molecule has 2 rings (SSSR count). The highest BCUT2D eigenvalue weighted by Gasteiger charge is 2.09. The molecule has 2 aromatic heterocycles. The molecule has 0 aromatic carbocycles. The molecule has 2 heterocycles. The van der Waals surface area contributed by atoms with E-state index in [1.54, 1.807) is 12.5 Å². The molecular weight excluding hydrogens is 180 g/mol. The van der Waals surface area contributed by atoms with Gasteiger partial charge in [-0.25, -0.2) is 9.97 Å². The van der Waals surface area contributed by atoms with Crippen LogP contribution in [0.15, 0.2) is 12.5 Å². The normalized spacial score (nSPS) is 10.4. The van der Waals surface area contributed by atoms with E-state index in [2.05, 4.69) is 19.9 Å². The number of anilines is 2. The molecule has 0 aliphatic rings. The number of imidazole rings is 1. The molecule has 5 N–H and O–H groups in total. The van der Waals surface area contributed by atoms with Crippen molar-refractivity contribution in [3.63, 3.8) is 0 Å². The number of hydrogen-bond acceptors (Lipinski definition) is 5. The first-order valence-corrected chi connectivity index (χ1v) is 4.07. The minimum Gasteiger partial charge on any atom is -0.383 e. The summed E-state index contributed by atoms with van der Waals surface area (Å²) in [6.07, 6.45) is 3.23. The second-order valence-electron chi connectivity index (χ2n) is 2.91. The smallest absolute Gasteiger partial charge is 0.222 e. The summed E-state index contributed by atoms with van der Waals surface area (Å²) in [6.45, 7) is 1.84. The van der Waals surface area contributed by atoms with Gasteiger partial charge < -0.3 is 16.5 Å². The highest BCUT2D eigenvalue weighted by Crippen LogP contribution is 2.22. The summed E-state index contributed by atoms with van der Waals surface area (Å²) in [4.78, 5) is 14.8. The van der Waals surface area contributed by atoms with Crippen LogP contribution in [-0.2, 0) is 0 Å². The standard InChI is InChI=1S/C8H10N6/c1-4-6(5-2-11-3-12-5)13-8(10)14-7(4)9/h2-3H,1H3,(H,11,12)(H4,9,10,13,14). The first kappa shape index (κ1) is 8.49. The van der Waals surface area contributed by atoms with E-state index in [1.165, 1.54) is 0 Å². The van der Waals surface area contributed by atoms with Crippen LogP contribution in [0.25, 0.3) is 11.4 Å². The fourth-order valence-electron chi connectivity index (χ4n) is 1.20. The van der Waals surface area contributed by atoms with Gasteiger partial charge in [-0.3, -0.25) is 0 Å². The van der Waals surface area contributed by atoms with Crippen LogP contribution in [0.1, 0.15) is 5.56 Å². The molecule has 0 aliphatic heterocycles. The van der Waals surface area contributed by atoms with Crippen molar-refractivity contribution in [2.24, 2.45) is 0 Å². The van der Waals surface area contributed by atoms with E-state index in [1.807, 2.05) is 6.92 Å². The lowest BCUT2D eigenvalue weighted by Crippen LogP contribution is -2.04. The third-order valence-corrected chi connectivity index (χ3v) is 1.95. The second-order valence-corrected chi connectivity index (χ2v) is 2.91. The largest absolute Gasteiger partial charge is 0.383 e. The molecule has 0 aliphatic carbocycles. The maximum Gasteiger partial charge on any atom is 0.222 e. The van der Waals surface area contributed by atoms with Crippen molar-refractivity contribution in [1.82, 2.24) is 19.9 Å². The van der Waals surface area contributed by atoms with Gasteiger partial charge >= 0.3 is 0 Å². The van der Waals surface area contributed by atoms with E-state index < -0.39 is 0 Å². The maximum absolute atomic E-state index is 5.66. The summed E-state index contributed by atoms with van der Waals surface area (Å²) in [5, 5.41) is 0. The van der Waals surface area contributed by atoms with Crippen molar-refractivity contribution in [3.05, 3.63) is 18.1 Å². The quantitative estimate of drug-likeness (QED) is 0.601. The zero-order valence-electron chi connectivity index (χ0n) is 7.65. The third kappa shape index (κ3) is 1.26. The number of aromatic amines is 1. The van der Waals surface area contributed by atoms with Crippen molar-refractivity contribution in [1.29, 1.82) is 0 Å². The predicted octanol–water partition coefficient (Wildman–Crippen LogP) is 0.340. The summed E-state index contributed by atoms with van der Waals surface area (Å²) >= 11 is 0. The molecule has 0 radical (unpaired) electrons. The molecular formula is C8H10N6. The van der Waals surface area contributed by atoms with Crippen LogP contribution >= 0.6 is 0 Å². The molecule has 0 fully saturated rings. The van der Waals surface area contributed by atoms with Gasteiger partial charge in [-0.1, -0.05) is 0 Å². The van der Waals surface area contributed by atoms with Crippen LogP contribution in [0, 0.1) is 6.92 Å². The molecule has 0 amide bonds. The summed E-state index contributed by atoms with van der Waals surface area (Å²) in [7, 11) is 0. The van der Waals surface area contributed by atoms with E-state index in [0.29, 0.717) is 11.5 Å². The zero-order valence-corrected chi connectivity index (χ0v) is 7.65. The van der Waals surface area contributed by atoms with Gasteiger partial charge in [-0.2, -0.15) is 4.98 Å². The Morgan fingerprint density at radius 1 is 1.29 bits per heavy atom. The van der Waals surface area contributed by atoms with Gasteiger partial charge in [0, 0.05) is 5.56 Å². The van der Waals surface area contributed by atoms with Crippen molar-refractivity contribution in [2.75, 3.05) is 11.5 Å². The van der Waals surface area contributed by atoms with Crippen LogP contribution in [0.4, 0.5) is 11.8 Å². The number of nitrogens with two attached hydrogens (primary N) is 2. The Hall–Kier alpha value is -2.11. The molecule has 6 heteroatoms. The van der Waals surface area contributed by atoms with Gasteiger partial charge in [0.25, 0.3) is 0 Å². The lowest BCUT2D eigenvalue weighted by Gasteiger charge is -2.05. The lowest BCUT2D eigenvalue weighted by molar-refractivity contribution is 1.15. The highest BCUT2D eigenvalue weighted by molar-refractivity contribution is 5.64. The number of nitrogens with one attached hydrogen (secondary N) is 1. The number of H-pyrrole nitrogens is 1. The Balaban J connectivity index is 2.64. The third-order valence-electron chi connectivity index (χ3n) is 1.95. The topological polar surface area (TPSA) is 106 Å². The Morgan fingerprint density at radius 3 is 2.71 bits per heavy atom. The first-order chi connectivity index (χ1) is 6.68. The molecule has 0 unspecified atom stereocenters. The van der Waals surface area contributed by atoms with Gasteiger partial charge in [-0.15, -0.1) is 0 Å². The number of hydrogen-bond donors (Lipinski definition) is 3. The van der Waals surface area contributed by atoms with Crippen LogP contribution in [-0.4, -0.2) is 19.9 Å². The Kier molecular flexibility index (Phi) is 1.81. The van der Waals surface area contributed by atoms with Gasteiger partial charge in [0.15, 0.2) is 0 Å². The minimum absolute atomic E-state index is 0.165. The molecule has 0 atom stereocenters. The predicted molar refractivity (Wildman–Crippen MR) is 53.2 cm³/mol. The van der Waals surface area contributed by atoms with Crippen LogP contribution in [0.5, 0.6) is 0 Å². The van der Waals surface area contributed by atoms with E-state index in [-0.39, 0.29) is 5.95 Å². The van der Waals surface area contributed by atoms with Crippen LogP contribution in [0.3, 0.4) is 0 Å². The minimum atomic E-state index is 0.165. The second kappa shape index (κ2) is 2.99. The summed E-state index contributed by atoms with van der Waals surface area (Å²) in [5.41, 5.74) is 13.4. The molecule has 72 valence electrons. The average Bonchev–Trinajstić information content (AvgIpc) is 2.63. The average molecular weight is 190 g/mol. The van der Waals surface area contributed by atoms with Gasteiger partial charge in [0.2, 0.25) is 5.95 Å². The number of nitrogens with zero attached hydrogens (tertiary/aromatic N) is 3. The first-order valence-electron chi connectivity index (χ1n) is 4.07. The molecule has 2 aromatic rings. The summed E-state index contributed by atoms with van der Waals surface area (Å²) in [6, 6.07) is 0. The number of nitrogen functional groups attached to an aromatic ring is 2. The van der Waals surface area contributed by atoms with Crippen LogP contribution in [0.2, 0.25) is 0 Å². The molecule has 0 saturated carbocycles. The number of rotatable bonds is 1. The Labute approximate surface area is 80.4 Å². The summed E-state index contributed by atoms with van der Waals surface area (Å²) < 4.78 is 0. The van der Waals surface area contributed by atoms with Crippen LogP contribution < -0.4 is 11.5 Å². The lowest BCUT2D eigenvalue weighted by atomic mass is 10.2. The number of aromatic nitrogens is 4. The van der Waals surface area contributed by atoms with Crippen molar-refractivity contribution >= 4 is 11.8 Å². The molecule has 0 bridgehead atoms. The van der Waals surface area contributed by atoms with Crippen molar-refractivity contribution in [3.8, 4) is 11.4 Å². The Morgan fingerprint density at radius 2 is 2.07 bits per heavy atom. The van der Waals surface area contributed by atoms with Crippen molar-refractivity contribution < 1.29 is 0 Å². The summed E-state index contributed by atoms with van der Waals surface area (Å²) in [5.74, 6) is 0.555.